The summed E-state index contributed by atoms with van der Waals surface area (Å²) in [5.74, 6) is -0.626. The number of aliphatic hydroxyl groups is 1. The maximum absolute atomic E-state index is 10.5. The van der Waals surface area contributed by atoms with Crippen LogP contribution in [0, 0.1) is 0 Å². The third-order valence-electron chi connectivity index (χ3n) is 3.25. The van der Waals surface area contributed by atoms with Crippen molar-refractivity contribution < 1.29 is 24.9 Å². The van der Waals surface area contributed by atoms with E-state index in [4.69, 9.17) is 9.84 Å². The molecule has 19 heavy (non-hydrogen) atoms. The van der Waals surface area contributed by atoms with Crippen LogP contribution in [-0.4, -0.2) is 33.0 Å². The van der Waals surface area contributed by atoms with E-state index in [1.54, 1.807) is 26.0 Å². The molecule has 0 fully saturated rings. The first-order valence-corrected chi connectivity index (χ1v) is 5.94. The minimum Gasteiger partial charge on any atom is -0.507 e. The number of carboxylic acid groups (broad SMARTS) is 1. The monoisotopic (exact) mass is 264 g/mol. The maximum atomic E-state index is 10.5. The van der Waals surface area contributed by atoms with Gasteiger partial charge in [-0.15, -0.1) is 0 Å². The molecular weight excluding hydrogens is 248 g/mol. The van der Waals surface area contributed by atoms with Gasteiger partial charge in [0.15, 0.2) is 0 Å². The Labute approximate surface area is 110 Å². The van der Waals surface area contributed by atoms with Crippen molar-refractivity contribution >= 4 is 12.0 Å². The summed E-state index contributed by atoms with van der Waals surface area (Å²) in [6.07, 6.45) is 1.79. The molecule has 0 amide bonds. The Bertz CT molecular complexity index is 545. The SMILES string of the molecule is CC1(C)Oc2ccc(/C=C/C(=O)O)c(O)c2C[C@H]1O. The number of phenolic OH excluding ortho intramolecular Hbond substituents is 1. The normalized spacial score (nSPS) is 20.9. The van der Waals surface area contributed by atoms with Crippen molar-refractivity contribution in [2.24, 2.45) is 0 Å². The minimum absolute atomic E-state index is 0.0513. The number of aromatic hydroxyl groups is 1. The van der Waals surface area contributed by atoms with Gasteiger partial charge in [0.25, 0.3) is 0 Å². The second-order valence-corrected chi connectivity index (χ2v) is 5.08. The second kappa shape index (κ2) is 4.59. The van der Waals surface area contributed by atoms with E-state index in [2.05, 4.69) is 0 Å². The van der Waals surface area contributed by atoms with Crippen molar-refractivity contribution in [1.29, 1.82) is 0 Å². The van der Waals surface area contributed by atoms with Crippen molar-refractivity contribution in [2.75, 3.05) is 0 Å². The van der Waals surface area contributed by atoms with Gasteiger partial charge in [-0.1, -0.05) is 0 Å². The molecule has 0 unspecified atom stereocenters. The zero-order valence-electron chi connectivity index (χ0n) is 10.8. The van der Waals surface area contributed by atoms with Crippen LogP contribution < -0.4 is 4.74 Å². The molecular formula is C14H16O5. The van der Waals surface area contributed by atoms with Crippen LogP contribution in [-0.2, 0) is 11.2 Å². The van der Waals surface area contributed by atoms with Gasteiger partial charge in [0.2, 0.25) is 0 Å². The number of aliphatic carboxylic acids is 1. The van der Waals surface area contributed by atoms with Gasteiger partial charge < -0.3 is 20.1 Å². The molecule has 1 aliphatic heterocycles. The van der Waals surface area contributed by atoms with Gasteiger partial charge in [0, 0.05) is 23.6 Å². The molecule has 5 nitrogen and oxygen atoms in total. The first-order chi connectivity index (χ1) is 8.81. The first-order valence-electron chi connectivity index (χ1n) is 5.94. The Morgan fingerprint density at radius 1 is 1.47 bits per heavy atom. The number of ether oxygens (including phenoxy) is 1. The fourth-order valence-corrected chi connectivity index (χ4v) is 2.01. The summed E-state index contributed by atoms with van der Waals surface area (Å²) < 4.78 is 5.64. The number of phenols is 1. The average molecular weight is 264 g/mol. The minimum atomic E-state index is -1.09. The highest BCUT2D eigenvalue weighted by molar-refractivity contribution is 5.86. The predicted octanol–water partition coefficient (Wildman–Crippen LogP) is 1.56. The fourth-order valence-electron chi connectivity index (χ4n) is 2.01. The summed E-state index contributed by atoms with van der Waals surface area (Å²) >= 11 is 0. The topological polar surface area (TPSA) is 87.0 Å². The smallest absolute Gasteiger partial charge is 0.328 e. The van der Waals surface area contributed by atoms with Crippen LogP contribution in [0.25, 0.3) is 6.08 Å². The lowest BCUT2D eigenvalue weighted by Gasteiger charge is -2.37. The highest BCUT2D eigenvalue weighted by Crippen LogP contribution is 2.40. The molecule has 0 aromatic heterocycles. The van der Waals surface area contributed by atoms with Gasteiger partial charge in [-0.05, 0) is 32.1 Å². The van der Waals surface area contributed by atoms with Crippen LogP contribution in [0.1, 0.15) is 25.0 Å². The zero-order valence-corrected chi connectivity index (χ0v) is 10.8. The van der Waals surface area contributed by atoms with Gasteiger partial charge >= 0.3 is 5.97 Å². The van der Waals surface area contributed by atoms with E-state index in [1.807, 2.05) is 0 Å². The fraction of sp³-hybridized carbons (Fsp3) is 0.357. The van der Waals surface area contributed by atoms with Crippen molar-refractivity contribution in [3.63, 3.8) is 0 Å². The summed E-state index contributed by atoms with van der Waals surface area (Å²) in [7, 11) is 0. The molecule has 102 valence electrons. The van der Waals surface area contributed by atoms with Gasteiger partial charge in [-0.3, -0.25) is 0 Å². The van der Waals surface area contributed by atoms with Crippen molar-refractivity contribution in [2.45, 2.75) is 32.0 Å². The molecule has 1 aromatic carbocycles. The summed E-state index contributed by atoms with van der Waals surface area (Å²) in [6.45, 7) is 3.55. The van der Waals surface area contributed by atoms with Crippen LogP contribution >= 0.6 is 0 Å². The molecule has 2 rings (SSSR count). The molecule has 0 radical (unpaired) electrons. The third-order valence-corrected chi connectivity index (χ3v) is 3.25. The van der Waals surface area contributed by atoms with E-state index in [1.165, 1.54) is 6.08 Å². The Morgan fingerprint density at radius 2 is 2.16 bits per heavy atom. The van der Waals surface area contributed by atoms with Crippen LogP contribution in [0.15, 0.2) is 18.2 Å². The molecule has 0 bridgehead atoms. The van der Waals surface area contributed by atoms with Crippen molar-refractivity contribution in [3.05, 3.63) is 29.3 Å². The Balaban J connectivity index is 2.41. The summed E-state index contributed by atoms with van der Waals surface area (Å²) in [5, 5.41) is 28.7. The molecule has 1 heterocycles. The third kappa shape index (κ3) is 2.56. The van der Waals surface area contributed by atoms with Crippen LogP contribution in [0.2, 0.25) is 0 Å². The molecule has 1 atom stereocenters. The Hall–Kier alpha value is -2.01. The molecule has 0 spiro atoms. The van der Waals surface area contributed by atoms with Gasteiger partial charge in [0.1, 0.15) is 17.1 Å². The summed E-state index contributed by atoms with van der Waals surface area (Å²) in [5.41, 5.74) is 0.175. The lowest BCUT2D eigenvalue weighted by Crippen LogP contribution is -2.46. The predicted molar refractivity (Wildman–Crippen MR) is 69.2 cm³/mol. The van der Waals surface area contributed by atoms with Crippen molar-refractivity contribution in [3.8, 4) is 11.5 Å². The molecule has 0 saturated carbocycles. The number of hydrogen-bond donors (Lipinski definition) is 3. The zero-order chi connectivity index (χ0) is 14.2. The molecule has 1 aromatic rings. The number of carboxylic acids is 1. The highest BCUT2D eigenvalue weighted by atomic mass is 16.5. The number of hydrogen-bond acceptors (Lipinski definition) is 4. The largest absolute Gasteiger partial charge is 0.507 e. The van der Waals surface area contributed by atoms with E-state index in [0.717, 1.165) is 6.08 Å². The second-order valence-electron chi connectivity index (χ2n) is 5.08. The molecule has 0 aliphatic carbocycles. The molecule has 1 aliphatic rings. The van der Waals surface area contributed by atoms with Gasteiger partial charge in [0.05, 0.1) is 6.10 Å². The van der Waals surface area contributed by atoms with Crippen LogP contribution in [0.4, 0.5) is 0 Å². The standard InChI is InChI=1S/C14H16O5/c1-14(2)11(15)7-9-10(19-14)5-3-8(13(9)18)4-6-12(16)17/h3-6,11,15,18H,7H2,1-2H3,(H,16,17)/b6-4+/t11-/m1/s1. The van der Waals surface area contributed by atoms with E-state index < -0.39 is 17.7 Å². The molecule has 0 saturated heterocycles. The Kier molecular flexibility index (Phi) is 3.24. The lowest BCUT2D eigenvalue weighted by atomic mass is 9.89. The number of rotatable bonds is 2. The van der Waals surface area contributed by atoms with E-state index in [-0.39, 0.29) is 12.2 Å². The Morgan fingerprint density at radius 3 is 2.79 bits per heavy atom. The molecule has 5 heteroatoms. The van der Waals surface area contributed by atoms with Gasteiger partial charge in [-0.25, -0.2) is 4.79 Å². The van der Waals surface area contributed by atoms with E-state index in [0.29, 0.717) is 16.9 Å². The number of carbonyl (C=O) groups is 1. The number of benzene rings is 1. The number of fused-ring (bicyclic) bond motifs is 1. The van der Waals surface area contributed by atoms with E-state index in [9.17, 15) is 15.0 Å². The summed E-state index contributed by atoms with van der Waals surface area (Å²) in [4.78, 5) is 10.5. The van der Waals surface area contributed by atoms with Crippen LogP contribution in [0.5, 0.6) is 11.5 Å². The van der Waals surface area contributed by atoms with E-state index >= 15 is 0 Å². The summed E-state index contributed by atoms with van der Waals surface area (Å²) in [6, 6.07) is 3.26. The van der Waals surface area contributed by atoms with Crippen molar-refractivity contribution in [1.82, 2.24) is 0 Å². The lowest BCUT2D eigenvalue weighted by molar-refractivity contribution is -0.131. The quantitative estimate of drug-likeness (QED) is 0.706. The first kappa shape index (κ1) is 13.4. The molecule has 3 N–H and O–H groups in total. The van der Waals surface area contributed by atoms with Gasteiger partial charge in [-0.2, -0.15) is 0 Å². The number of aliphatic hydroxyl groups excluding tert-OH is 1. The average Bonchev–Trinajstić information content (AvgIpc) is 2.30. The maximum Gasteiger partial charge on any atom is 0.328 e. The highest BCUT2D eigenvalue weighted by Gasteiger charge is 2.37. The van der Waals surface area contributed by atoms with Crippen LogP contribution in [0.3, 0.4) is 0 Å².